The number of aryl methyl sites for hydroxylation is 1. The molecule has 0 radical (unpaired) electrons. The molecule has 1 N–H and O–H groups in total. The van der Waals surface area contributed by atoms with E-state index in [0.717, 1.165) is 49.9 Å². The number of carbonyl (C=O) groups is 1. The maximum atomic E-state index is 12.4. The first-order valence-electron chi connectivity index (χ1n) is 10.00. The summed E-state index contributed by atoms with van der Waals surface area (Å²) < 4.78 is 5.45. The first-order chi connectivity index (χ1) is 13.7. The van der Waals surface area contributed by atoms with E-state index in [-0.39, 0.29) is 11.9 Å². The van der Waals surface area contributed by atoms with Gasteiger partial charge in [-0.25, -0.2) is 4.98 Å². The van der Waals surface area contributed by atoms with Crippen LogP contribution in [-0.2, 0) is 22.4 Å². The average molecular weight is 381 g/mol. The molecule has 1 aromatic carbocycles. The molecule has 0 unspecified atom stereocenters. The van der Waals surface area contributed by atoms with E-state index in [1.165, 1.54) is 5.56 Å². The van der Waals surface area contributed by atoms with E-state index in [1.807, 2.05) is 24.3 Å². The number of piperazine rings is 1. The van der Waals surface area contributed by atoms with E-state index >= 15 is 0 Å². The number of ether oxygens (including phenoxy) is 1. The standard InChI is InChI=1S/C21H27N5O2/c1-2-17-13-19(24-21(23-17)25-8-10-28-11-9-25)26-14-18(22-20(27)15-26)12-16-6-4-3-5-7-16/h3-7,13,18H,2,8-12,14-15H2,1H3,(H,22,27)/t18-/m0/s1. The first kappa shape index (κ1) is 18.7. The van der Waals surface area contributed by atoms with Crippen LogP contribution in [0.25, 0.3) is 0 Å². The highest BCUT2D eigenvalue weighted by molar-refractivity contribution is 5.82. The molecule has 0 bridgehead atoms. The SMILES string of the molecule is CCc1cc(N2CC(=O)N[C@@H](Cc3ccccc3)C2)nc(N2CCOCC2)n1. The Kier molecular flexibility index (Phi) is 5.71. The van der Waals surface area contributed by atoms with Crippen LogP contribution in [0.5, 0.6) is 0 Å². The van der Waals surface area contributed by atoms with Gasteiger partial charge in [-0.1, -0.05) is 37.3 Å². The minimum Gasteiger partial charge on any atom is -0.378 e. The van der Waals surface area contributed by atoms with Crippen LogP contribution in [0.4, 0.5) is 11.8 Å². The van der Waals surface area contributed by atoms with E-state index in [4.69, 9.17) is 14.7 Å². The number of nitrogens with one attached hydrogen (secondary N) is 1. The molecule has 2 aromatic rings. The van der Waals surface area contributed by atoms with Crippen molar-refractivity contribution in [2.75, 3.05) is 49.2 Å². The third-order valence-corrected chi connectivity index (χ3v) is 5.20. The van der Waals surface area contributed by atoms with Crippen molar-refractivity contribution in [3.8, 4) is 0 Å². The van der Waals surface area contributed by atoms with Crippen LogP contribution >= 0.6 is 0 Å². The quantitative estimate of drug-likeness (QED) is 0.845. The van der Waals surface area contributed by atoms with Gasteiger partial charge >= 0.3 is 0 Å². The van der Waals surface area contributed by atoms with Gasteiger partial charge < -0.3 is 19.9 Å². The highest BCUT2D eigenvalue weighted by Crippen LogP contribution is 2.21. The largest absolute Gasteiger partial charge is 0.378 e. The highest BCUT2D eigenvalue weighted by atomic mass is 16.5. The molecule has 7 nitrogen and oxygen atoms in total. The summed E-state index contributed by atoms with van der Waals surface area (Å²) in [6.45, 7) is 6.14. The molecular weight excluding hydrogens is 354 g/mol. The van der Waals surface area contributed by atoms with Gasteiger partial charge in [0.25, 0.3) is 0 Å². The van der Waals surface area contributed by atoms with Gasteiger partial charge in [-0.15, -0.1) is 0 Å². The van der Waals surface area contributed by atoms with Gasteiger partial charge in [-0.2, -0.15) is 4.98 Å². The summed E-state index contributed by atoms with van der Waals surface area (Å²) >= 11 is 0. The smallest absolute Gasteiger partial charge is 0.239 e. The molecule has 148 valence electrons. The van der Waals surface area contributed by atoms with Crippen LogP contribution in [0.1, 0.15) is 18.2 Å². The van der Waals surface area contributed by atoms with Crippen molar-refractivity contribution in [3.63, 3.8) is 0 Å². The fourth-order valence-corrected chi connectivity index (χ4v) is 3.73. The molecule has 2 aliphatic rings. The second-order valence-corrected chi connectivity index (χ2v) is 7.31. The number of hydrogen-bond acceptors (Lipinski definition) is 6. The Labute approximate surface area is 165 Å². The Morgan fingerprint density at radius 1 is 1.14 bits per heavy atom. The molecule has 0 spiro atoms. The summed E-state index contributed by atoms with van der Waals surface area (Å²) in [5.41, 5.74) is 2.22. The summed E-state index contributed by atoms with van der Waals surface area (Å²) in [5, 5.41) is 3.12. The zero-order chi connectivity index (χ0) is 19.3. The molecule has 1 atom stereocenters. The van der Waals surface area contributed by atoms with Crippen molar-refractivity contribution in [2.45, 2.75) is 25.8 Å². The third kappa shape index (κ3) is 4.42. The van der Waals surface area contributed by atoms with Crippen LogP contribution in [0.3, 0.4) is 0 Å². The maximum absolute atomic E-state index is 12.4. The summed E-state index contributed by atoms with van der Waals surface area (Å²) in [5.74, 6) is 1.61. The number of carbonyl (C=O) groups excluding carboxylic acids is 1. The molecule has 7 heteroatoms. The van der Waals surface area contributed by atoms with Crippen molar-refractivity contribution < 1.29 is 9.53 Å². The topological polar surface area (TPSA) is 70.6 Å². The van der Waals surface area contributed by atoms with Crippen LogP contribution in [-0.4, -0.2) is 61.3 Å². The average Bonchev–Trinajstić information content (AvgIpc) is 2.74. The van der Waals surface area contributed by atoms with Gasteiger partial charge in [-0.05, 0) is 18.4 Å². The molecular formula is C21H27N5O2. The Balaban J connectivity index is 1.55. The van der Waals surface area contributed by atoms with E-state index in [1.54, 1.807) is 0 Å². The zero-order valence-corrected chi connectivity index (χ0v) is 16.3. The Morgan fingerprint density at radius 2 is 1.93 bits per heavy atom. The third-order valence-electron chi connectivity index (χ3n) is 5.20. The molecule has 2 aliphatic heterocycles. The Morgan fingerprint density at radius 3 is 2.68 bits per heavy atom. The van der Waals surface area contributed by atoms with Crippen LogP contribution in [0.15, 0.2) is 36.4 Å². The number of morpholine rings is 1. The lowest BCUT2D eigenvalue weighted by atomic mass is 10.0. The van der Waals surface area contributed by atoms with E-state index in [2.05, 4.69) is 34.2 Å². The van der Waals surface area contributed by atoms with Gasteiger partial charge in [0.15, 0.2) is 0 Å². The molecule has 0 aliphatic carbocycles. The van der Waals surface area contributed by atoms with E-state index in [9.17, 15) is 4.79 Å². The number of anilines is 2. The highest BCUT2D eigenvalue weighted by Gasteiger charge is 2.27. The molecule has 28 heavy (non-hydrogen) atoms. The van der Waals surface area contributed by atoms with Gasteiger partial charge in [0.1, 0.15) is 5.82 Å². The van der Waals surface area contributed by atoms with Crippen molar-refractivity contribution in [3.05, 3.63) is 47.7 Å². The predicted octanol–water partition coefficient (Wildman–Crippen LogP) is 1.42. The number of amides is 1. The molecule has 2 fully saturated rings. The number of hydrogen-bond donors (Lipinski definition) is 1. The summed E-state index contributed by atoms with van der Waals surface area (Å²) in [7, 11) is 0. The van der Waals surface area contributed by atoms with Crippen molar-refractivity contribution in [2.24, 2.45) is 0 Å². The minimum atomic E-state index is 0.0387. The summed E-state index contributed by atoms with van der Waals surface area (Å²) in [6.07, 6.45) is 1.64. The normalized spacial score (nSPS) is 20.2. The summed E-state index contributed by atoms with van der Waals surface area (Å²) in [6, 6.07) is 12.4. The summed E-state index contributed by atoms with van der Waals surface area (Å²) in [4.78, 5) is 26.1. The van der Waals surface area contributed by atoms with Crippen LogP contribution in [0, 0.1) is 0 Å². The fourth-order valence-electron chi connectivity index (χ4n) is 3.73. The van der Waals surface area contributed by atoms with Crippen molar-refractivity contribution in [1.82, 2.24) is 15.3 Å². The molecule has 3 heterocycles. The maximum Gasteiger partial charge on any atom is 0.239 e. The molecule has 1 amide bonds. The monoisotopic (exact) mass is 381 g/mol. The van der Waals surface area contributed by atoms with Crippen LogP contribution < -0.4 is 15.1 Å². The number of rotatable bonds is 5. The fraction of sp³-hybridized carbons (Fsp3) is 0.476. The minimum absolute atomic E-state index is 0.0387. The van der Waals surface area contributed by atoms with E-state index < -0.39 is 0 Å². The Bertz CT molecular complexity index is 808. The zero-order valence-electron chi connectivity index (χ0n) is 16.3. The molecule has 0 saturated carbocycles. The molecule has 1 aromatic heterocycles. The van der Waals surface area contributed by atoms with Gasteiger partial charge in [0.2, 0.25) is 11.9 Å². The number of nitrogens with zero attached hydrogens (tertiary/aromatic N) is 4. The number of benzene rings is 1. The second kappa shape index (κ2) is 8.56. The van der Waals surface area contributed by atoms with Crippen molar-refractivity contribution >= 4 is 17.7 Å². The van der Waals surface area contributed by atoms with Gasteiger partial charge in [0, 0.05) is 31.4 Å². The lowest BCUT2D eigenvalue weighted by Crippen LogP contribution is -2.55. The van der Waals surface area contributed by atoms with Crippen molar-refractivity contribution in [1.29, 1.82) is 0 Å². The lowest BCUT2D eigenvalue weighted by molar-refractivity contribution is -0.121. The second-order valence-electron chi connectivity index (χ2n) is 7.31. The lowest BCUT2D eigenvalue weighted by Gasteiger charge is -2.35. The number of aromatic nitrogens is 2. The first-order valence-corrected chi connectivity index (χ1v) is 10.00. The molecule has 2 saturated heterocycles. The van der Waals surface area contributed by atoms with Crippen LogP contribution in [0.2, 0.25) is 0 Å². The van der Waals surface area contributed by atoms with Gasteiger partial charge in [-0.3, -0.25) is 4.79 Å². The van der Waals surface area contributed by atoms with Gasteiger partial charge in [0.05, 0.1) is 25.8 Å². The Hall–Kier alpha value is -2.67. The molecule has 4 rings (SSSR count). The van der Waals surface area contributed by atoms with E-state index in [0.29, 0.717) is 19.8 Å². The predicted molar refractivity (Wildman–Crippen MR) is 109 cm³/mol.